The van der Waals surface area contributed by atoms with E-state index in [-0.39, 0.29) is 28.9 Å². The van der Waals surface area contributed by atoms with Gasteiger partial charge in [-0.25, -0.2) is 8.42 Å². The molecule has 0 spiro atoms. The Balaban J connectivity index is 1.88. The summed E-state index contributed by atoms with van der Waals surface area (Å²) in [4.78, 5) is 13.1. The van der Waals surface area contributed by atoms with Gasteiger partial charge in [-0.1, -0.05) is 38.1 Å². The van der Waals surface area contributed by atoms with Gasteiger partial charge in [0.05, 0.1) is 17.1 Å². The number of morpholine rings is 1. The number of sulfonamides is 1. The maximum Gasteiger partial charge on any atom is 0.255 e. The van der Waals surface area contributed by atoms with Gasteiger partial charge in [0.15, 0.2) is 0 Å². The first kappa shape index (κ1) is 22.5. The number of ether oxygens (including phenoxy) is 1. The van der Waals surface area contributed by atoms with Crippen molar-refractivity contribution < 1.29 is 17.9 Å². The zero-order valence-electron chi connectivity index (χ0n) is 18.2. The van der Waals surface area contributed by atoms with Crippen molar-refractivity contribution in [3.05, 3.63) is 59.2 Å². The van der Waals surface area contributed by atoms with E-state index >= 15 is 0 Å². The van der Waals surface area contributed by atoms with Crippen LogP contribution in [0.2, 0.25) is 0 Å². The predicted octanol–water partition coefficient (Wildman–Crippen LogP) is 4.17. The van der Waals surface area contributed by atoms with Crippen molar-refractivity contribution in [2.45, 2.75) is 57.6 Å². The molecule has 30 heavy (non-hydrogen) atoms. The summed E-state index contributed by atoms with van der Waals surface area (Å²) in [6, 6.07) is 12.1. The molecule has 1 saturated heterocycles. The number of carbonyl (C=O) groups is 1. The second kappa shape index (κ2) is 8.88. The number of para-hydroxylation sites is 1. The topological polar surface area (TPSA) is 75.7 Å². The Kier molecular flexibility index (Phi) is 6.65. The highest BCUT2D eigenvalue weighted by Gasteiger charge is 2.32. The van der Waals surface area contributed by atoms with Crippen molar-refractivity contribution in [2.75, 3.05) is 18.4 Å². The Hall–Kier alpha value is -2.22. The smallest absolute Gasteiger partial charge is 0.255 e. The summed E-state index contributed by atoms with van der Waals surface area (Å²) in [5.41, 5.74) is 3.10. The Morgan fingerprint density at radius 3 is 2.37 bits per heavy atom. The second-order valence-corrected chi connectivity index (χ2v) is 10.2. The molecule has 162 valence electrons. The molecule has 0 aliphatic carbocycles. The van der Waals surface area contributed by atoms with Gasteiger partial charge in [0.1, 0.15) is 0 Å². The number of nitrogens with zero attached hydrogens (tertiary/aromatic N) is 1. The molecule has 1 aliphatic rings. The van der Waals surface area contributed by atoms with Gasteiger partial charge in [0.25, 0.3) is 5.91 Å². The number of carbonyl (C=O) groups excluding carboxylic acids is 1. The Morgan fingerprint density at radius 1 is 1.10 bits per heavy atom. The van der Waals surface area contributed by atoms with Crippen LogP contribution < -0.4 is 5.32 Å². The molecule has 0 bridgehead atoms. The summed E-state index contributed by atoms with van der Waals surface area (Å²) in [5.74, 6) is -0.0795. The third kappa shape index (κ3) is 4.74. The molecule has 2 aromatic rings. The van der Waals surface area contributed by atoms with E-state index in [4.69, 9.17) is 4.74 Å². The van der Waals surface area contributed by atoms with Gasteiger partial charge in [-0.15, -0.1) is 0 Å². The number of hydrogen-bond donors (Lipinski definition) is 1. The molecule has 3 rings (SSSR count). The Bertz CT molecular complexity index is 1020. The SMILES string of the molecule is Cc1cccc(C(C)C)c1NC(=O)c1cccc(S(=O)(=O)N2C[C@@H](C)O[C@H](C)C2)c1. The summed E-state index contributed by atoms with van der Waals surface area (Å²) in [6.07, 6.45) is -0.351. The third-order valence-corrected chi connectivity index (χ3v) is 7.11. The summed E-state index contributed by atoms with van der Waals surface area (Å²) in [5, 5.41) is 2.98. The van der Waals surface area contributed by atoms with Crippen LogP contribution in [0.1, 0.15) is 55.1 Å². The lowest BCUT2D eigenvalue weighted by Gasteiger charge is -2.34. The van der Waals surface area contributed by atoms with Crippen molar-refractivity contribution in [3.8, 4) is 0 Å². The lowest BCUT2D eigenvalue weighted by Crippen LogP contribution is -2.48. The second-order valence-electron chi connectivity index (χ2n) is 8.26. The van der Waals surface area contributed by atoms with Gasteiger partial charge in [0.2, 0.25) is 10.0 Å². The average Bonchev–Trinajstić information content (AvgIpc) is 2.68. The van der Waals surface area contributed by atoms with E-state index in [9.17, 15) is 13.2 Å². The standard InChI is InChI=1S/C23H30N2O4S/c1-15(2)21-11-6-8-16(3)22(21)24-23(26)19-9-7-10-20(12-19)30(27,28)25-13-17(4)29-18(5)14-25/h6-12,15,17-18H,13-14H2,1-5H3,(H,24,26)/t17-,18-/m1/s1. The lowest BCUT2D eigenvalue weighted by molar-refractivity contribution is -0.0440. The predicted molar refractivity (Wildman–Crippen MR) is 118 cm³/mol. The van der Waals surface area contributed by atoms with E-state index in [1.807, 2.05) is 39.0 Å². The number of amides is 1. The molecular weight excluding hydrogens is 400 g/mol. The zero-order valence-corrected chi connectivity index (χ0v) is 19.0. The van der Waals surface area contributed by atoms with Crippen LogP contribution in [0.25, 0.3) is 0 Å². The molecule has 1 amide bonds. The van der Waals surface area contributed by atoms with Crippen molar-refractivity contribution in [2.24, 2.45) is 0 Å². The molecule has 1 aliphatic heterocycles. The monoisotopic (exact) mass is 430 g/mol. The van der Waals surface area contributed by atoms with Crippen molar-refractivity contribution in [1.82, 2.24) is 4.31 Å². The molecule has 0 saturated carbocycles. The van der Waals surface area contributed by atoms with E-state index in [1.54, 1.807) is 12.1 Å². The minimum atomic E-state index is -3.71. The summed E-state index contributed by atoms with van der Waals surface area (Å²) in [6.45, 7) is 10.4. The molecule has 7 heteroatoms. The number of nitrogens with one attached hydrogen (secondary N) is 1. The highest BCUT2D eigenvalue weighted by Crippen LogP contribution is 2.28. The van der Waals surface area contributed by atoms with Crippen LogP contribution >= 0.6 is 0 Å². The molecule has 1 N–H and O–H groups in total. The van der Waals surface area contributed by atoms with Crippen molar-refractivity contribution >= 4 is 21.6 Å². The van der Waals surface area contributed by atoms with Crippen LogP contribution in [0.5, 0.6) is 0 Å². The molecule has 1 heterocycles. The molecule has 0 aromatic heterocycles. The lowest BCUT2D eigenvalue weighted by atomic mass is 9.98. The Labute approximate surface area is 179 Å². The molecule has 1 fully saturated rings. The fraction of sp³-hybridized carbons (Fsp3) is 0.435. The quantitative estimate of drug-likeness (QED) is 0.773. The normalized spacial score (nSPS) is 20.3. The maximum atomic E-state index is 13.1. The molecule has 2 aromatic carbocycles. The number of aryl methyl sites for hydroxylation is 1. The highest BCUT2D eigenvalue weighted by atomic mass is 32.2. The minimum absolute atomic E-state index is 0.116. The van der Waals surface area contributed by atoms with Crippen LogP contribution in [0, 0.1) is 6.92 Å². The summed E-state index contributed by atoms with van der Waals surface area (Å²) >= 11 is 0. The average molecular weight is 431 g/mol. The molecule has 6 nitrogen and oxygen atoms in total. The first-order valence-corrected chi connectivity index (χ1v) is 11.7. The first-order chi connectivity index (χ1) is 14.1. The third-order valence-electron chi connectivity index (χ3n) is 5.29. The Morgan fingerprint density at radius 2 is 1.73 bits per heavy atom. The van der Waals surface area contributed by atoms with E-state index < -0.39 is 10.0 Å². The van der Waals surface area contributed by atoms with Crippen molar-refractivity contribution in [1.29, 1.82) is 0 Å². The van der Waals surface area contributed by atoms with Gasteiger partial charge in [-0.3, -0.25) is 4.79 Å². The fourth-order valence-corrected chi connectivity index (χ4v) is 5.44. The van der Waals surface area contributed by atoms with Crippen LogP contribution in [-0.4, -0.2) is 43.9 Å². The van der Waals surface area contributed by atoms with Gasteiger partial charge in [-0.2, -0.15) is 4.31 Å². The maximum absolute atomic E-state index is 13.1. The summed E-state index contributed by atoms with van der Waals surface area (Å²) < 4.78 is 33.4. The molecule has 0 unspecified atom stereocenters. The van der Waals surface area contributed by atoms with E-state index in [0.29, 0.717) is 18.7 Å². The fourth-order valence-electron chi connectivity index (χ4n) is 3.80. The van der Waals surface area contributed by atoms with Crippen LogP contribution in [0.4, 0.5) is 5.69 Å². The van der Waals surface area contributed by atoms with Crippen molar-refractivity contribution in [3.63, 3.8) is 0 Å². The number of benzene rings is 2. The number of anilines is 1. The molecule has 0 radical (unpaired) electrons. The largest absolute Gasteiger partial charge is 0.373 e. The van der Waals surface area contributed by atoms with E-state index in [2.05, 4.69) is 19.2 Å². The van der Waals surface area contributed by atoms with Gasteiger partial charge >= 0.3 is 0 Å². The van der Waals surface area contributed by atoms with E-state index in [0.717, 1.165) is 16.8 Å². The minimum Gasteiger partial charge on any atom is -0.373 e. The van der Waals surface area contributed by atoms with Crippen LogP contribution in [-0.2, 0) is 14.8 Å². The van der Waals surface area contributed by atoms with Crippen LogP contribution in [0.15, 0.2) is 47.4 Å². The zero-order chi connectivity index (χ0) is 22.1. The number of hydrogen-bond acceptors (Lipinski definition) is 4. The molecular formula is C23H30N2O4S. The van der Waals surface area contributed by atoms with Gasteiger partial charge in [-0.05, 0) is 56.0 Å². The molecule has 2 atom stereocenters. The highest BCUT2D eigenvalue weighted by molar-refractivity contribution is 7.89. The van der Waals surface area contributed by atoms with Gasteiger partial charge in [0, 0.05) is 24.3 Å². The van der Waals surface area contributed by atoms with Gasteiger partial charge < -0.3 is 10.1 Å². The summed E-state index contributed by atoms with van der Waals surface area (Å²) in [7, 11) is -3.71. The van der Waals surface area contributed by atoms with E-state index in [1.165, 1.54) is 16.4 Å². The first-order valence-electron chi connectivity index (χ1n) is 10.3. The van der Waals surface area contributed by atoms with Crippen LogP contribution in [0.3, 0.4) is 0 Å². The number of rotatable bonds is 5.